The number of phenols is 2. The number of nitrogens with zero attached hydrogens (tertiary/aromatic N) is 1. The van der Waals surface area contributed by atoms with Gasteiger partial charge in [0.2, 0.25) is 5.91 Å². The second-order valence-corrected chi connectivity index (χ2v) is 5.96. The number of aromatic hydroxyl groups is 2. The number of anilines is 1. The van der Waals surface area contributed by atoms with E-state index in [1.54, 1.807) is 6.07 Å². The molecule has 1 aromatic carbocycles. The number of hydrogen-bond donors (Lipinski definition) is 4. The predicted molar refractivity (Wildman–Crippen MR) is 91.7 cm³/mol. The lowest BCUT2D eigenvalue weighted by molar-refractivity contribution is -0.114. The fraction of sp³-hybridized carbons (Fsp3) is 0.353. The number of amides is 1. The number of Topliss-reactive ketones (excluding diaryl/α,β-unsaturated/α-hetero) is 1. The van der Waals surface area contributed by atoms with Crippen molar-refractivity contribution < 1.29 is 24.3 Å². The lowest BCUT2D eigenvalue weighted by Crippen LogP contribution is -2.13. The van der Waals surface area contributed by atoms with Gasteiger partial charge in [0, 0.05) is 19.4 Å². The van der Waals surface area contributed by atoms with E-state index in [2.05, 4.69) is 10.5 Å². The number of aromatic nitrogens is 1. The highest BCUT2D eigenvalue weighted by Gasteiger charge is 2.26. The highest BCUT2D eigenvalue weighted by Crippen LogP contribution is 2.41. The fourth-order valence-electron chi connectivity index (χ4n) is 2.44. The number of nitrogens with two attached hydrogens (primary N) is 1. The van der Waals surface area contributed by atoms with Gasteiger partial charge >= 0.3 is 0 Å². The molecule has 25 heavy (non-hydrogen) atoms. The van der Waals surface area contributed by atoms with Crippen LogP contribution in [0.3, 0.4) is 0 Å². The molecule has 1 amide bonds. The van der Waals surface area contributed by atoms with E-state index in [4.69, 9.17) is 10.3 Å². The minimum absolute atomic E-state index is 0.0233. The summed E-state index contributed by atoms with van der Waals surface area (Å²) in [5, 5.41) is 26.4. The molecule has 8 heteroatoms. The quantitative estimate of drug-likeness (QED) is 0.588. The molecule has 0 aliphatic carbocycles. The fourth-order valence-corrected chi connectivity index (χ4v) is 2.44. The monoisotopic (exact) mass is 347 g/mol. The van der Waals surface area contributed by atoms with Crippen molar-refractivity contribution in [1.82, 2.24) is 5.16 Å². The first-order valence-electron chi connectivity index (χ1n) is 7.83. The Morgan fingerprint density at radius 1 is 1.28 bits per heavy atom. The molecule has 134 valence electrons. The molecule has 0 spiro atoms. The number of phenolic OH excluding ortho intramolecular Hbond substituents is 2. The number of nitrogens with one attached hydrogen (secondary N) is 1. The zero-order valence-electron chi connectivity index (χ0n) is 14.3. The molecule has 5 N–H and O–H groups in total. The van der Waals surface area contributed by atoms with Crippen molar-refractivity contribution in [3.63, 3.8) is 0 Å². The second kappa shape index (κ2) is 7.35. The van der Waals surface area contributed by atoms with Crippen molar-refractivity contribution in [3.8, 4) is 22.8 Å². The molecule has 2 aromatic rings. The van der Waals surface area contributed by atoms with Gasteiger partial charge in [-0.15, -0.1) is 0 Å². The Labute approximate surface area is 144 Å². The molecule has 0 aliphatic rings. The molecule has 0 aliphatic heterocycles. The molecule has 0 fully saturated rings. The average molecular weight is 347 g/mol. The Balaban J connectivity index is 2.65. The molecule has 1 aromatic heterocycles. The van der Waals surface area contributed by atoms with Crippen LogP contribution in [0.2, 0.25) is 0 Å². The Hall–Kier alpha value is -2.87. The zero-order valence-corrected chi connectivity index (χ0v) is 14.3. The van der Waals surface area contributed by atoms with Gasteiger partial charge in [-0.3, -0.25) is 9.59 Å². The molecule has 0 bridgehead atoms. The lowest BCUT2D eigenvalue weighted by atomic mass is 9.97. The van der Waals surface area contributed by atoms with E-state index in [-0.39, 0.29) is 58.9 Å². The third-order valence-electron chi connectivity index (χ3n) is 3.64. The van der Waals surface area contributed by atoms with E-state index in [9.17, 15) is 19.8 Å². The summed E-state index contributed by atoms with van der Waals surface area (Å²) in [6.07, 6.45) is 0.0390. The summed E-state index contributed by atoms with van der Waals surface area (Å²) in [6.45, 7) is 5.16. The highest BCUT2D eigenvalue weighted by atomic mass is 16.5. The summed E-state index contributed by atoms with van der Waals surface area (Å²) < 4.78 is 5.24. The first-order valence-corrected chi connectivity index (χ1v) is 7.83. The lowest BCUT2D eigenvalue weighted by Gasteiger charge is -2.12. The Kier molecular flexibility index (Phi) is 5.43. The molecule has 0 unspecified atom stereocenters. The zero-order chi connectivity index (χ0) is 18.7. The number of rotatable bonds is 6. The molecular weight excluding hydrogens is 326 g/mol. The summed E-state index contributed by atoms with van der Waals surface area (Å²) in [5.74, 6) is -1.12. The largest absolute Gasteiger partial charge is 0.508 e. The summed E-state index contributed by atoms with van der Waals surface area (Å²) in [7, 11) is 0. The summed E-state index contributed by atoms with van der Waals surface area (Å²) in [5.41, 5.74) is 6.19. The van der Waals surface area contributed by atoms with Crippen LogP contribution in [0.1, 0.15) is 49.2 Å². The van der Waals surface area contributed by atoms with Gasteiger partial charge < -0.3 is 25.8 Å². The van der Waals surface area contributed by atoms with Crippen LogP contribution >= 0.6 is 0 Å². The van der Waals surface area contributed by atoms with E-state index in [1.165, 1.54) is 13.0 Å². The maximum absolute atomic E-state index is 12.1. The first kappa shape index (κ1) is 18.5. The van der Waals surface area contributed by atoms with Crippen molar-refractivity contribution in [2.75, 3.05) is 11.9 Å². The SMILES string of the molecule is CC(=O)Nc1c(C(=O)CCN)noc1-c1cc(C(C)C)c(O)cc1O. The number of ketones is 1. The van der Waals surface area contributed by atoms with E-state index in [1.807, 2.05) is 13.8 Å². The van der Waals surface area contributed by atoms with Gasteiger partial charge in [-0.1, -0.05) is 19.0 Å². The molecule has 8 nitrogen and oxygen atoms in total. The van der Waals surface area contributed by atoms with Gasteiger partial charge in [0.15, 0.2) is 17.2 Å². The number of hydrogen-bond acceptors (Lipinski definition) is 7. The van der Waals surface area contributed by atoms with Crippen LogP contribution in [-0.2, 0) is 4.79 Å². The third-order valence-corrected chi connectivity index (χ3v) is 3.64. The molecule has 0 atom stereocenters. The van der Waals surface area contributed by atoms with Crippen LogP contribution in [-0.4, -0.2) is 33.6 Å². The minimum atomic E-state index is -0.423. The predicted octanol–water partition coefficient (Wildman–Crippen LogP) is 2.37. The summed E-state index contributed by atoms with van der Waals surface area (Å²) in [6, 6.07) is 2.73. The van der Waals surface area contributed by atoms with Gasteiger partial charge in [-0.25, -0.2) is 0 Å². The van der Waals surface area contributed by atoms with E-state index in [0.717, 1.165) is 0 Å². The van der Waals surface area contributed by atoms with Crippen LogP contribution in [0.15, 0.2) is 16.7 Å². The van der Waals surface area contributed by atoms with Crippen LogP contribution in [0.4, 0.5) is 5.69 Å². The van der Waals surface area contributed by atoms with Crippen molar-refractivity contribution in [2.45, 2.75) is 33.1 Å². The van der Waals surface area contributed by atoms with Crippen LogP contribution in [0.5, 0.6) is 11.5 Å². The van der Waals surface area contributed by atoms with E-state index < -0.39 is 5.91 Å². The maximum atomic E-state index is 12.1. The smallest absolute Gasteiger partial charge is 0.221 e. The summed E-state index contributed by atoms with van der Waals surface area (Å²) in [4.78, 5) is 23.7. The Morgan fingerprint density at radius 3 is 2.52 bits per heavy atom. The number of carbonyl (C=O) groups is 2. The Morgan fingerprint density at radius 2 is 1.96 bits per heavy atom. The minimum Gasteiger partial charge on any atom is -0.508 e. The van der Waals surface area contributed by atoms with E-state index in [0.29, 0.717) is 5.56 Å². The van der Waals surface area contributed by atoms with Crippen molar-refractivity contribution >= 4 is 17.4 Å². The Bertz CT molecular complexity index is 811. The molecule has 0 saturated heterocycles. The first-order chi connectivity index (χ1) is 11.8. The molecule has 1 heterocycles. The maximum Gasteiger partial charge on any atom is 0.221 e. The molecule has 0 radical (unpaired) electrons. The third kappa shape index (κ3) is 3.80. The normalized spacial score (nSPS) is 10.9. The van der Waals surface area contributed by atoms with Crippen LogP contribution in [0, 0.1) is 0 Å². The van der Waals surface area contributed by atoms with E-state index >= 15 is 0 Å². The topological polar surface area (TPSA) is 139 Å². The standard InChI is InChI=1S/C17H21N3O5/c1-8(2)10-6-11(14(24)7-13(10)23)17-16(19-9(3)21)15(20-25-17)12(22)4-5-18/h6-8,23-24H,4-5,18H2,1-3H3,(H,19,21). The van der Waals surface area contributed by atoms with Gasteiger partial charge in [-0.2, -0.15) is 0 Å². The van der Waals surface area contributed by atoms with Gasteiger partial charge in [0.1, 0.15) is 17.2 Å². The van der Waals surface area contributed by atoms with Crippen LogP contribution in [0.25, 0.3) is 11.3 Å². The van der Waals surface area contributed by atoms with Crippen molar-refractivity contribution in [3.05, 3.63) is 23.4 Å². The highest BCUT2D eigenvalue weighted by molar-refractivity contribution is 6.06. The average Bonchev–Trinajstić information content (AvgIpc) is 2.90. The van der Waals surface area contributed by atoms with Gasteiger partial charge in [-0.05, 0) is 24.1 Å². The summed E-state index contributed by atoms with van der Waals surface area (Å²) >= 11 is 0. The van der Waals surface area contributed by atoms with Gasteiger partial charge in [0.05, 0.1) is 5.56 Å². The molecule has 0 saturated carbocycles. The second-order valence-electron chi connectivity index (χ2n) is 5.96. The van der Waals surface area contributed by atoms with Gasteiger partial charge in [0.25, 0.3) is 0 Å². The number of benzene rings is 1. The van der Waals surface area contributed by atoms with Crippen LogP contribution < -0.4 is 11.1 Å². The molecular formula is C17H21N3O5. The van der Waals surface area contributed by atoms with Crippen molar-refractivity contribution in [1.29, 1.82) is 0 Å². The van der Waals surface area contributed by atoms with Crippen molar-refractivity contribution in [2.24, 2.45) is 5.73 Å². The number of carbonyl (C=O) groups excluding carboxylic acids is 2. The molecule has 2 rings (SSSR count).